The van der Waals surface area contributed by atoms with Gasteiger partial charge in [0, 0.05) is 11.1 Å². The molecule has 0 aliphatic rings. The molecule has 0 amide bonds. The van der Waals surface area contributed by atoms with Gasteiger partial charge in [0.2, 0.25) is 0 Å². The molecule has 4 nitrogen and oxygen atoms in total. The number of carbonyl (C=O) groups excluding carboxylic acids is 1. The average Bonchev–Trinajstić information content (AvgIpc) is 2.81. The molecule has 2 aromatic heterocycles. The van der Waals surface area contributed by atoms with Gasteiger partial charge >= 0.3 is 5.97 Å². The smallest absolute Gasteiger partial charge is 0.339 e. The summed E-state index contributed by atoms with van der Waals surface area (Å²) in [5.41, 5.74) is 0.442. The normalized spacial score (nSPS) is 11.2. The maximum Gasteiger partial charge on any atom is 0.339 e. The monoisotopic (exact) mass is 330 g/mol. The Labute approximate surface area is 130 Å². The lowest BCUT2D eigenvalue weighted by Crippen LogP contribution is -2.04. The summed E-state index contributed by atoms with van der Waals surface area (Å²) >= 11 is 9.15. The van der Waals surface area contributed by atoms with Crippen molar-refractivity contribution in [2.75, 3.05) is 12.4 Å². The fraction of sp³-hybridized carbons (Fsp3) is 0.462. The van der Waals surface area contributed by atoms with E-state index in [1.807, 2.05) is 0 Å². The first-order valence-electron chi connectivity index (χ1n) is 6.27. The van der Waals surface area contributed by atoms with E-state index in [1.165, 1.54) is 11.3 Å². The van der Waals surface area contributed by atoms with Crippen LogP contribution in [0.5, 0.6) is 0 Å². The van der Waals surface area contributed by atoms with E-state index >= 15 is 0 Å². The van der Waals surface area contributed by atoms with E-state index in [2.05, 4.69) is 23.8 Å². The predicted octanol–water partition coefficient (Wildman–Crippen LogP) is 4.27. The number of halogens is 1. The third kappa shape index (κ3) is 3.42. The average molecular weight is 331 g/mol. The molecule has 20 heavy (non-hydrogen) atoms. The number of thiophene rings is 1. The molecule has 0 aliphatic carbocycles. The van der Waals surface area contributed by atoms with Gasteiger partial charge in [0.15, 0.2) is 5.16 Å². The van der Waals surface area contributed by atoms with Crippen molar-refractivity contribution in [1.29, 1.82) is 0 Å². The summed E-state index contributed by atoms with van der Waals surface area (Å²) in [6.07, 6.45) is 0. The largest absolute Gasteiger partial charge is 0.462 e. The summed E-state index contributed by atoms with van der Waals surface area (Å²) in [4.78, 5) is 21.3. The van der Waals surface area contributed by atoms with Crippen LogP contribution < -0.4 is 0 Å². The molecule has 0 unspecified atom stereocenters. The number of carbonyl (C=O) groups is 1. The van der Waals surface area contributed by atoms with Crippen molar-refractivity contribution < 1.29 is 9.53 Å². The molecule has 2 aromatic rings. The van der Waals surface area contributed by atoms with Crippen LogP contribution in [0, 0.1) is 5.92 Å². The van der Waals surface area contributed by atoms with Gasteiger partial charge in [-0.15, -0.1) is 11.3 Å². The standard InChI is InChI=1S/C13H15ClN2O2S2/c1-4-18-12(17)8-6-19-11-9(8)10(14)15-13(16-11)20-5-7(2)3/h6-7H,4-5H2,1-3H3. The van der Waals surface area contributed by atoms with E-state index in [4.69, 9.17) is 16.3 Å². The minimum absolute atomic E-state index is 0.311. The Morgan fingerprint density at radius 3 is 2.90 bits per heavy atom. The Kier molecular flexibility index (Phi) is 5.23. The van der Waals surface area contributed by atoms with Crippen molar-refractivity contribution in [2.45, 2.75) is 25.9 Å². The predicted molar refractivity (Wildman–Crippen MR) is 83.9 cm³/mol. The highest BCUT2D eigenvalue weighted by atomic mass is 35.5. The number of thioether (sulfide) groups is 1. The molecule has 0 saturated carbocycles. The Morgan fingerprint density at radius 1 is 1.50 bits per heavy atom. The zero-order chi connectivity index (χ0) is 14.7. The van der Waals surface area contributed by atoms with E-state index in [1.54, 1.807) is 24.1 Å². The van der Waals surface area contributed by atoms with E-state index in [0.717, 1.165) is 10.6 Å². The fourth-order valence-electron chi connectivity index (χ4n) is 1.55. The van der Waals surface area contributed by atoms with Crippen LogP contribution >= 0.6 is 34.7 Å². The van der Waals surface area contributed by atoms with Gasteiger partial charge in [0.25, 0.3) is 0 Å². The molecule has 0 N–H and O–H groups in total. The van der Waals surface area contributed by atoms with Gasteiger partial charge in [-0.2, -0.15) is 0 Å². The van der Waals surface area contributed by atoms with Crippen LogP contribution in [-0.2, 0) is 4.74 Å². The highest BCUT2D eigenvalue weighted by Crippen LogP contribution is 2.32. The lowest BCUT2D eigenvalue weighted by molar-refractivity contribution is 0.0529. The van der Waals surface area contributed by atoms with Crippen molar-refractivity contribution in [3.05, 3.63) is 16.1 Å². The molecule has 0 aliphatic heterocycles. The van der Waals surface area contributed by atoms with Crippen molar-refractivity contribution in [1.82, 2.24) is 9.97 Å². The lowest BCUT2D eigenvalue weighted by atomic mass is 10.2. The van der Waals surface area contributed by atoms with E-state index in [9.17, 15) is 4.79 Å². The molecule has 108 valence electrons. The molecule has 0 saturated heterocycles. The van der Waals surface area contributed by atoms with Gasteiger partial charge in [-0.25, -0.2) is 14.8 Å². The zero-order valence-corrected chi connectivity index (χ0v) is 13.9. The maximum atomic E-state index is 11.8. The van der Waals surface area contributed by atoms with Crippen LogP contribution in [0.15, 0.2) is 10.5 Å². The van der Waals surface area contributed by atoms with Gasteiger partial charge in [0.05, 0.1) is 17.6 Å². The van der Waals surface area contributed by atoms with Crippen molar-refractivity contribution >= 4 is 50.9 Å². The van der Waals surface area contributed by atoms with Crippen molar-refractivity contribution in [3.8, 4) is 0 Å². The minimum atomic E-state index is -0.383. The summed E-state index contributed by atoms with van der Waals surface area (Å²) in [6.45, 7) is 6.37. The first kappa shape index (κ1) is 15.5. The Hall–Kier alpha value is -0.850. The number of aromatic nitrogens is 2. The molecular weight excluding hydrogens is 316 g/mol. The topological polar surface area (TPSA) is 52.1 Å². The first-order valence-corrected chi connectivity index (χ1v) is 8.51. The quantitative estimate of drug-likeness (QED) is 0.354. The van der Waals surface area contributed by atoms with Crippen LogP contribution in [0.1, 0.15) is 31.1 Å². The molecule has 0 atom stereocenters. The summed E-state index contributed by atoms with van der Waals surface area (Å²) in [5, 5.41) is 3.27. The maximum absolute atomic E-state index is 11.8. The lowest BCUT2D eigenvalue weighted by Gasteiger charge is -2.05. The van der Waals surface area contributed by atoms with Gasteiger partial charge in [-0.1, -0.05) is 37.2 Å². The number of rotatable bonds is 5. The van der Waals surface area contributed by atoms with Gasteiger partial charge in [0.1, 0.15) is 9.98 Å². The van der Waals surface area contributed by atoms with Crippen LogP contribution in [0.2, 0.25) is 5.15 Å². The second-order valence-corrected chi connectivity index (χ2v) is 6.76. The molecule has 2 heterocycles. The van der Waals surface area contributed by atoms with Crippen molar-refractivity contribution in [3.63, 3.8) is 0 Å². The van der Waals surface area contributed by atoms with Crippen LogP contribution in [0.4, 0.5) is 0 Å². The Bertz CT molecular complexity index is 628. The molecular formula is C13H15ClN2O2S2. The number of hydrogen-bond acceptors (Lipinski definition) is 6. The Balaban J connectivity index is 2.36. The summed E-state index contributed by atoms with van der Waals surface area (Å²) in [5.74, 6) is 1.10. The zero-order valence-electron chi connectivity index (χ0n) is 11.5. The van der Waals surface area contributed by atoms with Crippen LogP contribution in [-0.4, -0.2) is 28.3 Å². The summed E-state index contributed by atoms with van der Waals surface area (Å²) < 4.78 is 5.01. The Morgan fingerprint density at radius 2 is 2.25 bits per heavy atom. The SMILES string of the molecule is CCOC(=O)c1csc2nc(SCC(C)C)nc(Cl)c12. The fourth-order valence-corrected chi connectivity index (χ4v) is 3.68. The summed E-state index contributed by atoms with van der Waals surface area (Å²) in [7, 11) is 0. The number of ether oxygens (including phenoxy) is 1. The molecule has 0 fully saturated rings. The molecule has 0 radical (unpaired) electrons. The van der Waals surface area contributed by atoms with Crippen LogP contribution in [0.3, 0.4) is 0 Å². The second kappa shape index (κ2) is 6.74. The third-order valence-corrected chi connectivity index (χ3v) is 4.83. The first-order chi connectivity index (χ1) is 9.52. The molecule has 2 rings (SSSR count). The van der Waals surface area contributed by atoms with Gasteiger partial charge in [-0.05, 0) is 12.8 Å². The number of nitrogens with zero attached hydrogens (tertiary/aromatic N) is 2. The second-order valence-electron chi connectivity index (χ2n) is 4.55. The highest BCUT2D eigenvalue weighted by molar-refractivity contribution is 7.99. The number of hydrogen-bond donors (Lipinski definition) is 0. The van der Waals surface area contributed by atoms with Crippen LogP contribution in [0.25, 0.3) is 10.2 Å². The van der Waals surface area contributed by atoms with E-state index < -0.39 is 0 Å². The molecule has 0 spiro atoms. The van der Waals surface area contributed by atoms with Crippen molar-refractivity contribution in [2.24, 2.45) is 5.92 Å². The number of esters is 1. The minimum Gasteiger partial charge on any atom is -0.462 e. The number of fused-ring (bicyclic) bond motifs is 1. The summed E-state index contributed by atoms with van der Waals surface area (Å²) in [6, 6.07) is 0. The molecule has 0 aromatic carbocycles. The third-order valence-electron chi connectivity index (χ3n) is 2.41. The highest BCUT2D eigenvalue weighted by Gasteiger charge is 2.19. The van der Waals surface area contributed by atoms with Gasteiger partial charge in [-0.3, -0.25) is 0 Å². The van der Waals surface area contributed by atoms with E-state index in [0.29, 0.717) is 33.8 Å². The molecule has 7 heteroatoms. The van der Waals surface area contributed by atoms with Gasteiger partial charge < -0.3 is 4.74 Å². The van der Waals surface area contributed by atoms with E-state index in [-0.39, 0.29) is 5.97 Å². The molecule has 0 bridgehead atoms.